The van der Waals surface area contributed by atoms with Gasteiger partial charge in [0.1, 0.15) is 0 Å². The summed E-state index contributed by atoms with van der Waals surface area (Å²) in [6.45, 7) is 2.41. The minimum atomic E-state index is -0.384. The van der Waals surface area contributed by atoms with Gasteiger partial charge in [-0.15, -0.1) is 0 Å². The van der Waals surface area contributed by atoms with E-state index in [0.29, 0.717) is 37.8 Å². The van der Waals surface area contributed by atoms with Crippen molar-refractivity contribution in [1.82, 2.24) is 9.38 Å². The van der Waals surface area contributed by atoms with Crippen LogP contribution in [0.2, 0.25) is 0 Å². The highest BCUT2D eigenvalue weighted by atomic mass is 16.6. The first kappa shape index (κ1) is 11.0. The first-order chi connectivity index (χ1) is 8.77. The standard InChI is InChI=1S/C11H12N4O3/c16-15(17)11-10(13-5-7-18-8-6-13)12-9-3-1-2-4-14(9)11/h1-4H,5-8H2. The molecule has 7 heteroatoms. The molecule has 0 radical (unpaired) electrons. The average molecular weight is 248 g/mol. The van der Waals surface area contributed by atoms with Crippen molar-refractivity contribution in [2.45, 2.75) is 0 Å². The Hall–Kier alpha value is -2.15. The topological polar surface area (TPSA) is 72.9 Å². The van der Waals surface area contributed by atoms with Crippen molar-refractivity contribution >= 4 is 17.3 Å². The SMILES string of the molecule is O=[N+]([O-])c1c(N2CCOCC2)nc2ccccn12. The van der Waals surface area contributed by atoms with Crippen LogP contribution < -0.4 is 4.90 Å². The number of nitrogens with zero attached hydrogens (tertiary/aromatic N) is 4. The van der Waals surface area contributed by atoms with Crippen molar-refractivity contribution in [2.24, 2.45) is 0 Å². The number of fused-ring (bicyclic) bond motifs is 1. The average Bonchev–Trinajstić information content (AvgIpc) is 2.79. The minimum absolute atomic E-state index is 0.0208. The summed E-state index contributed by atoms with van der Waals surface area (Å²) in [7, 11) is 0. The molecule has 2 aromatic heterocycles. The summed E-state index contributed by atoms with van der Waals surface area (Å²) >= 11 is 0. The van der Waals surface area contributed by atoms with E-state index in [2.05, 4.69) is 4.98 Å². The van der Waals surface area contributed by atoms with E-state index in [-0.39, 0.29) is 10.7 Å². The van der Waals surface area contributed by atoms with Gasteiger partial charge < -0.3 is 19.8 Å². The minimum Gasteiger partial charge on any atom is -0.378 e. The molecule has 0 N–H and O–H groups in total. The highest BCUT2D eigenvalue weighted by Crippen LogP contribution is 2.29. The molecule has 0 bridgehead atoms. The van der Waals surface area contributed by atoms with Gasteiger partial charge in [0.25, 0.3) is 0 Å². The molecule has 0 saturated carbocycles. The highest BCUT2D eigenvalue weighted by molar-refractivity contribution is 5.63. The molecule has 1 fully saturated rings. The monoisotopic (exact) mass is 248 g/mol. The molecule has 1 aliphatic heterocycles. The molecule has 0 aromatic carbocycles. The third-order valence-corrected chi connectivity index (χ3v) is 2.97. The van der Waals surface area contributed by atoms with Gasteiger partial charge in [-0.2, -0.15) is 9.38 Å². The van der Waals surface area contributed by atoms with Crippen molar-refractivity contribution in [2.75, 3.05) is 31.2 Å². The van der Waals surface area contributed by atoms with Crippen molar-refractivity contribution in [3.63, 3.8) is 0 Å². The fraction of sp³-hybridized carbons (Fsp3) is 0.364. The van der Waals surface area contributed by atoms with Crippen LogP contribution in [0.3, 0.4) is 0 Å². The van der Waals surface area contributed by atoms with Crippen molar-refractivity contribution in [3.8, 4) is 0 Å². The predicted octanol–water partition coefficient (Wildman–Crippen LogP) is 1.08. The summed E-state index contributed by atoms with van der Waals surface area (Å²) < 4.78 is 6.75. The summed E-state index contributed by atoms with van der Waals surface area (Å²) in [5, 5.41) is 11.2. The second-order valence-electron chi connectivity index (χ2n) is 4.04. The van der Waals surface area contributed by atoms with Crippen LogP contribution in [0.15, 0.2) is 24.4 Å². The lowest BCUT2D eigenvalue weighted by atomic mass is 10.4. The molecular formula is C11H12N4O3. The quantitative estimate of drug-likeness (QED) is 0.587. The Kier molecular flexibility index (Phi) is 2.60. The molecule has 2 aromatic rings. The zero-order valence-electron chi connectivity index (χ0n) is 9.65. The normalized spacial score (nSPS) is 16.1. The Balaban J connectivity index is 2.14. The summed E-state index contributed by atoms with van der Waals surface area (Å²) in [4.78, 5) is 17.1. The molecular weight excluding hydrogens is 236 g/mol. The molecule has 94 valence electrons. The maximum atomic E-state index is 11.2. The van der Waals surface area contributed by atoms with E-state index in [0.717, 1.165) is 0 Å². The lowest BCUT2D eigenvalue weighted by molar-refractivity contribution is -0.389. The van der Waals surface area contributed by atoms with Crippen LogP contribution in [0.25, 0.3) is 5.65 Å². The number of imidazole rings is 1. The van der Waals surface area contributed by atoms with Crippen molar-refractivity contribution in [3.05, 3.63) is 34.5 Å². The summed E-state index contributed by atoms with van der Waals surface area (Å²) in [6.07, 6.45) is 1.66. The summed E-state index contributed by atoms with van der Waals surface area (Å²) in [5.74, 6) is 0.446. The summed E-state index contributed by atoms with van der Waals surface area (Å²) in [5.41, 5.74) is 0.589. The van der Waals surface area contributed by atoms with Crippen LogP contribution in [0.4, 0.5) is 11.6 Å². The van der Waals surface area contributed by atoms with Gasteiger partial charge in [-0.3, -0.25) is 0 Å². The number of hydrogen-bond donors (Lipinski definition) is 0. The van der Waals surface area contributed by atoms with Gasteiger partial charge in [0.15, 0.2) is 0 Å². The molecule has 3 heterocycles. The van der Waals surface area contributed by atoms with E-state index in [1.54, 1.807) is 18.3 Å². The van der Waals surface area contributed by atoms with Crippen LogP contribution in [0, 0.1) is 10.1 Å². The Bertz CT molecular complexity index is 589. The van der Waals surface area contributed by atoms with Crippen LogP contribution in [0.5, 0.6) is 0 Å². The Labute approximate surface area is 103 Å². The van der Waals surface area contributed by atoms with E-state index < -0.39 is 0 Å². The Morgan fingerprint density at radius 1 is 1.33 bits per heavy atom. The first-order valence-electron chi connectivity index (χ1n) is 5.71. The molecule has 7 nitrogen and oxygen atoms in total. The number of anilines is 1. The molecule has 0 aliphatic carbocycles. The van der Waals surface area contributed by atoms with Gasteiger partial charge in [0.05, 0.1) is 19.4 Å². The third-order valence-electron chi connectivity index (χ3n) is 2.97. The molecule has 0 amide bonds. The smallest absolute Gasteiger partial charge is 0.372 e. The van der Waals surface area contributed by atoms with Gasteiger partial charge in [-0.1, -0.05) is 6.07 Å². The largest absolute Gasteiger partial charge is 0.378 e. The highest BCUT2D eigenvalue weighted by Gasteiger charge is 2.27. The van der Waals surface area contributed by atoms with Crippen LogP contribution in [-0.2, 0) is 4.74 Å². The van der Waals surface area contributed by atoms with Crippen LogP contribution >= 0.6 is 0 Å². The molecule has 1 saturated heterocycles. The lowest BCUT2D eigenvalue weighted by Crippen LogP contribution is -2.36. The van der Waals surface area contributed by atoms with E-state index >= 15 is 0 Å². The predicted molar refractivity (Wildman–Crippen MR) is 64.9 cm³/mol. The number of morpholine rings is 1. The first-order valence-corrected chi connectivity index (χ1v) is 5.71. The molecule has 0 spiro atoms. The van der Waals surface area contributed by atoms with Gasteiger partial charge >= 0.3 is 5.82 Å². The van der Waals surface area contributed by atoms with E-state index in [1.165, 1.54) is 4.40 Å². The number of rotatable bonds is 2. The third kappa shape index (κ3) is 1.68. The molecule has 0 atom stereocenters. The van der Waals surface area contributed by atoms with Crippen LogP contribution in [-0.4, -0.2) is 40.6 Å². The van der Waals surface area contributed by atoms with Gasteiger partial charge in [-0.25, -0.2) is 0 Å². The number of nitro groups is 1. The molecule has 0 unspecified atom stereocenters. The maximum absolute atomic E-state index is 11.2. The molecule has 3 rings (SSSR count). The fourth-order valence-corrected chi connectivity index (χ4v) is 2.13. The number of aromatic nitrogens is 2. The van der Waals surface area contributed by atoms with Gasteiger partial charge in [-0.05, 0) is 11.0 Å². The second-order valence-corrected chi connectivity index (χ2v) is 4.04. The number of ether oxygens (including phenoxy) is 1. The zero-order valence-corrected chi connectivity index (χ0v) is 9.65. The van der Waals surface area contributed by atoms with Crippen LogP contribution in [0.1, 0.15) is 0 Å². The lowest BCUT2D eigenvalue weighted by Gasteiger charge is -2.25. The Morgan fingerprint density at radius 3 is 2.83 bits per heavy atom. The second kappa shape index (κ2) is 4.26. The zero-order chi connectivity index (χ0) is 12.5. The maximum Gasteiger partial charge on any atom is 0.372 e. The van der Waals surface area contributed by atoms with Gasteiger partial charge in [0.2, 0.25) is 11.5 Å². The van der Waals surface area contributed by atoms with Crippen molar-refractivity contribution < 1.29 is 9.66 Å². The fourth-order valence-electron chi connectivity index (χ4n) is 2.13. The number of pyridine rings is 1. The Morgan fingerprint density at radius 2 is 2.11 bits per heavy atom. The molecule has 1 aliphatic rings. The summed E-state index contributed by atoms with van der Waals surface area (Å²) in [6, 6.07) is 5.33. The number of hydrogen-bond acceptors (Lipinski definition) is 5. The van der Waals surface area contributed by atoms with E-state index in [1.807, 2.05) is 11.0 Å². The van der Waals surface area contributed by atoms with Gasteiger partial charge in [0, 0.05) is 19.2 Å². The molecule has 18 heavy (non-hydrogen) atoms. The van der Waals surface area contributed by atoms with E-state index in [9.17, 15) is 10.1 Å². The van der Waals surface area contributed by atoms with E-state index in [4.69, 9.17) is 4.74 Å². The van der Waals surface area contributed by atoms with Crippen molar-refractivity contribution in [1.29, 1.82) is 0 Å².